The Hall–Kier alpha value is -2.22. The van der Waals surface area contributed by atoms with Gasteiger partial charge < -0.3 is 10.0 Å². The molecule has 0 saturated carbocycles. The molecule has 8 heteroatoms. The number of carbonyl (C=O) groups excluding carboxylic acids is 1. The second-order valence-electron chi connectivity index (χ2n) is 5.05. The van der Waals surface area contributed by atoms with E-state index in [-0.39, 0.29) is 18.6 Å². The zero-order chi connectivity index (χ0) is 17.0. The molecule has 0 atom stereocenters. The van der Waals surface area contributed by atoms with Crippen LogP contribution in [0, 0.1) is 0 Å². The highest BCUT2D eigenvalue weighted by Crippen LogP contribution is 2.14. The second kappa shape index (κ2) is 7.36. The lowest BCUT2D eigenvalue weighted by atomic mass is 10.2. The van der Waals surface area contributed by atoms with Crippen LogP contribution in [-0.4, -0.2) is 44.5 Å². The molecule has 2 rings (SSSR count). The number of rotatable bonds is 6. The Kier molecular flexibility index (Phi) is 5.49. The summed E-state index contributed by atoms with van der Waals surface area (Å²) in [6.07, 6.45) is 1.94. The largest absolute Gasteiger partial charge is 0.480 e. The van der Waals surface area contributed by atoms with E-state index in [4.69, 9.17) is 5.11 Å². The van der Waals surface area contributed by atoms with Gasteiger partial charge in [-0.2, -0.15) is 0 Å². The SMILES string of the molecule is CCCN(CC(=O)O)C(=O)Cn1cnc2ccc(Br)cc2c1=O. The molecule has 0 radical (unpaired) electrons. The highest BCUT2D eigenvalue weighted by Gasteiger charge is 2.17. The van der Waals surface area contributed by atoms with Gasteiger partial charge in [0.15, 0.2) is 0 Å². The minimum atomic E-state index is -1.08. The predicted octanol–water partition coefficient (Wildman–Crippen LogP) is 1.48. The summed E-state index contributed by atoms with van der Waals surface area (Å²) in [6, 6.07) is 5.13. The van der Waals surface area contributed by atoms with Gasteiger partial charge in [0.2, 0.25) is 5.91 Å². The molecule has 1 aromatic heterocycles. The van der Waals surface area contributed by atoms with E-state index >= 15 is 0 Å². The fourth-order valence-electron chi connectivity index (χ4n) is 2.21. The molecule has 0 fully saturated rings. The predicted molar refractivity (Wildman–Crippen MR) is 88.2 cm³/mol. The van der Waals surface area contributed by atoms with Crippen molar-refractivity contribution in [1.29, 1.82) is 0 Å². The molecule has 0 bridgehead atoms. The van der Waals surface area contributed by atoms with Crippen LogP contribution in [0.1, 0.15) is 13.3 Å². The molecule has 0 aliphatic heterocycles. The lowest BCUT2D eigenvalue weighted by molar-refractivity contribution is -0.144. The third-order valence-electron chi connectivity index (χ3n) is 3.26. The number of carbonyl (C=O) groups is 2. The van der Waals surface area contributed by atoms with Crippen LogP contribution < -0.4 is 5.56 Å². The van der Waals surface area contributed by atoms with E-state index in [1.54, 1.807) is 18.2 Å². The first-order valence-corrected chi connectivity index (χ1v) is 7.86. The summed E-state index contributed by atoms with van der Waals surface area (Å²) in [4.78, 5) is 40.9. The zero-order valence-corrected chi connectivity index (χ0v) is 14.1. The number of halogens is 1. The average Bonchev–Trinajstić information content (AvgIpc) is 2.49. The van der Waals surface area contributed by atoms with Gasteiger partial charge in [0, 0.05) is 11.0 Å². The fraction of sp³-hybridized carbons (Fsp3) is 0.333. The minimum Gasteiger partial charge on any atom is -0.480 e. The van der Waals surface area contributed by atoms with E-state index in [2.05, 4.69) is 20.9 Å². The molecule has 0 saturated heterocycles. The first-order valence-electron chi connectivity index (χ1n) is 7.06. The smallest absolute Gasteiger partial charge is 0.323 e. The van der Waals surface area contributed by atoms with Crippen LogP contribution in [0.2, 0.25) is 0 Å². The van der Waals surface area contributed by atoms with Crippen LogP contribution in [0.5, 0.6) is 0 Å². The number of fused-ring (bicyclic) bond motifs is 1. The third-order valence-corrected chi connectivity index (χ3v) is 3.76. The van der Waals surface area contributed by atoms with Crippen molar-refractivity contribution < 1.29 is 14.7 Å². The van der Waals surface area contributed by atoms with Crippen molar-refractivity contribution >= 4 is 38.7 Å². The molecular weight excluding hydrogens is 366 g/mol. The number of aromatic nitrogens is 2. The number of nitrogens with zero attached hydrogens (tertiary/aromatic N) is 3. The van der Waals surface area contributed by atoms with E-state index in [9.17, 15) is 14.4 Å². The van der Waals surface area contributed by atoms with Gasteiger partial charge in [0.05, 0.1) is 17.2 Å². The number of carboxylic acids is 1. The van der Waals surface area contributed by atoms with Crippen LogP contribution in [0.4, 0.5) is 0 Å². The Bertz CT molecular complexity index is 803. The highest BCUT2D eigenvalue weighted by molar-refractivity contribution is 9.10. The van der Waals surface area contributed by atoms with Gasteiger partial charge in [-0.1, -0.05) is 22.9 Å². The van der Waals surface area contributed by atoms with Crippen molar-refractivity contribution in [3.8, 4) is 0 Å². The normalized spacial score (nSPS) is 10.7. The summed E-state index contributed by atoms with van der Waals surface area (Å²) >= 11 is 3.30. The van der Waals surface area contributed by atoms with Crippen LogP contribution in [0.15, 0.2) is 33.8 Å². The first-order chi connectivity index (χ1) is 10.9. The Morgan fingerprint density at radius 3 is 2.78 bits per heavy atom. The summed E-state index contributed by atoms with van der Waals surface area (Å²) in [5, 5.41) is 9.27. The van der Waals surface area contributed by atoms with E-state index in [0.717, 1.165) is 4.47 Å². The first kappa shape index (κ1) is 17.1. The van der Waals surface area contributed by atoms with E-state index < -0.39 is 11.9 Å². The Morgan fingerprint density at radius 1 is 1.39 bits per heavy atom. The molecule has 2 aromatic rings. The van der Waals surface area contributed by atoms with Gasteiger partial charge in [0.1, 0.15) is 13.1 Å². The topological polar surface area (TPSA) is 92.5 Å². The van der Waals surface area contributed by atoms with Crippen molar-refractivity contribution in [2.45, 2.75) is 19.9 Å². The minimum absolute atomic E-state index is 0.235. The lowest BCUT2D eigenvalue weighted by Crippen LogP contribution is -2.40. The monoisotopic (exact) mass is 381 g/mol. The number of benzene rings is 1. The fourth-order valence-corrected chi connectivity index (χ4v) is 2.58. The highest BCUT2D eigenvalue weighted by atomic mass is 79.9. The molecule has 1 amide bonds. The number of aliphatic carboxylic acids is 1. The van der Waals surface area contributed by atoms with Crippen molar-refractivity contribution in [3.63, 3.8) is 0 Å². The summed E-state index contributed by atoms with van der Waals surface area (Å²) in [7, 11) is 0. The van der Waals surface area contributed by atoms with E-state index in [0.29, 0.717) is 23.9 Å². The van der Waals surface area contributed by atoms with Gasteiger partial charge in [-0.05, 0) is 24.6 Å². The van der Waals surface area contributed by atoms with Crippen molar-refractivity contribution in [3.05, 3.63) is 39.4 Å². The molecule has 1 heterocycles. The standard InChI is InChI=1S/C15H16BrN3O4/c1-2-5-18(8-14(21)22)13(20)7-19-9-17-12-4-3-10(16)6-11(12)15(19)23/h3-4,6,9H,2,5,7-8H2,1H3,(H,21,22). The Labute approximate surface area is 140 Å². The molecule has 23 heavy (non-hydrogen) atoms. The lowest BCUT2D eigenvalue weighted by Gasteiger charge is -2.20. The molecule has 122 valence electrons. The zero-order valence-electron chi connectivity index (χ0n) is 12.5. The van der Waals surface area contributed by atoms with Crippen molar-refractivity contribution in [2.24, 2.45) is 0 Å². The molecule has 1 N–H and O–H groups in total. The maximum absolute atomic E-state index is 12.4. The van der Waals surface area contributed by atoms with Gasteiger partial charge in [-0.15, -0.1) is 0 Å². The van der Waals surface area contributed by atoms with Crippen LogP contribution >= 0.6 is 15.9 Å². The Balaban J connectivity index is 2.30. The third kappa shape index (κ3) is 4.16. The van der Waals surface area contributed by atoms with Crippen LogP contribution in [0.3, 0.4) is 0 Å². The Morgan fingerprint density at radius 2 is 2.13 bits per heavy atom. The van der Waals surface area contributed by atoms with E-state index in [1.165, 1.54) is 15.8 Å². The van der Waals surface area contributed by atoms with Gasteiger partial charge in [-0.3, -0.25) is 19.0 Å². The molecule has 0 unspecified atom stereocenters. The average molecular weight is 382 g/mol. The molecule has 1 aromatic carbocycles. The van der Waals surface area contributed by atoms with E-state index in [1.807, 2.05) is 6.92 Å². The number of carboxylic acid groups (broad SMARTS) is 1. The summed E-state index contributed by atoms with van der Waals surface area (Å²) in [6.45, 7) is 1.56. The molecule has 0 aliphatic rings. The maximum atomic E-state index is 12.4. The number of amides is 1. The molecule has 7 nitrogen and oxygen atoms in total. The van der Waals surface area contributed by atoms with Crippen molar-refractivity contribution in [2.75, 3.05) is 13.1 Å². The number of hydrogen-bond donors (Lipinski definition) is 1. The molecular formula is C15H16BrN3O4. The van der Waals surface area contributed by atoms with Crippen molar-refractivity contribution in [1.82, 2.24) is 14.5 Å². The maximum Gasteiger partial charge on any atom is 0.323 e. The van der Waals surface area contributed by atoms with Gasteiger partial charge >= 0.3 is 5.97 Å². The second-order valence-corrected chi connectivity index (χ2v) is 5.96. The quantitative estimate of drug-likeness (QED) is 0.817. The van der Waals surface area contributed by atoms with Crippen LogP contribution in [0.25, 0.3) is 10.9 Å². The summed E-state index contributed by atoms with van der Waals surface area (Å²) in [5.74, 6) is -1.51. The molecule has 0 spiro atoms. The van der Waals surface area contributed by atoms with Gasteiger partial charge in [-0.25, -0.2) is 4.98 Å². The summed E-state index contributed by atoms with van der Waals surface area (Å²) in [5.41, 5.74) is 0.203. The number of hydrogen-bond acceptors (Lipinski definition) is 4. The van der Waals surface area contributed by atoms with Gasteiger partial charge in [0.25, 0.3) is 5.56 Å². The molecule has 0 aliphatic carbocycles. The summed E-state index contributed by atoms with van der Waals surface area (Å²) < 4.78 is 1.94. The van der Waals surface area contributed by atoms with Crippen LogP contribution in [-0.2, 0) is 16.1 Å².